The molecule has 152 valence electrons. The number of amides is 1. The number of nitrogens with one attached hydrogen (secondary N) is 1. The Morgan fingerprint density at radius 3 is 2.77 bits per heavy atom. The highest BCUT2D eigenvalue weighted by molar-refractivity contribution is 7.98. The molecule has 0 saturated heterocycles. The number of furan rings is 1. The Morgan fingerprint density at radius 1 is 1.10 bits per heavy atom. The van der Waals surface area contributed by atoms with Gasteiger partial charge in [0.15, 0.2) is 10.9 Å². The maximum atomic E-state index is 13.1. The van der Waals surface area contributed by atoms with Crippen LogP contribution in [0.4, 0.5) is 5.69 Å². The van der Waals surface area contributed by atoms with Crippen molar-refractivity contribution in [2.24, 2.45) is 0 Å². The van der Waals surface area contributed by atoms with Crippen LogP contribution in [-0.4, -0.2) is 22.5 Å². The molecule has 2 aromatic heterocycles. The van der Waals surface area contributed by atoms with Crippen LogP contribution in [0.2, 0.25) is 0 Å². The lowest BCUT2D eigenvalue weighted by molar-refractivity contribution is 0.0998. The second kappa shape index (κ2) is 9.45. The van der Waals surface area contributed by atoms with E-state index >= 15 is 0 Å². The minimum absolute atomic E-state index is 0.291. The zero-order chi connectivity index (χ0) is 20.8. The van der Waals surface area contributed by atoms with E-state index in [0.717, 1.165) is 23.1 Å². The molecule has 7 heteroatoms. The fourth-order valence-corrected chi connectivity index (χ4v) is 3.82. The van der Waals surface area contributed by atoms with Crippen molar-refractivity contribution < 1.29 is 13.9 Å². The van der Waals surface area contributed by atoms with E-state index in [1.54, 1.807) is 18.5 Å². The van der Waals surface area contributed by atoms with Gasteiger partial charge in [-0.05, 0) is 30.7 Å². The van der Waals surface area contributed by atoms with Crippen molar-refractivity contribution >= 4 is 34.3 Å². The molecule has 0 aliphatic rings. The molecule has 0 atom stereocenters. The first kappa shape index (κ1) is 20.0. The van der Waals surface area contributed by atoms with E-state index in [0.29, 0.717) is 34.5 Å². The predicted octanol–water partition coefficient (Wildman–Crippen LogP) is 5.56. The summed E-state index contributed by atoms with van der Waals surface area (Å²) >= 11 is 1.46. The number of hydrogen-bond donors (Lipinski definition) is 1. The lowest BCUT2D eigenvalue weighted by atomic mass is 10.1. The number of carbonyl (C=O) groups is 1. The predicted molar refractivity (Wildman–Crippen MR) is 118 cm³/mol. The highest BCUT2D eigenvalue weighted by Crippen LogP contribution is 2.31. The molecular formula is C23H21N3O3S. The molecule has 0 fully saturated rings. The zero-order valence-corrected chi connectivity index (χ0v) is 17.3. The first-order valence-corrected chi connectivity index (χ1v) is 10.7. The summed E-state index contributed by atoms with van der Waals surface area (Å²) in [5.74, 6) is 1.22. The SMILES string of the molecule is CCCOc1cccc(NC(=O)c2oc3ccccc3c2CSc2ncccn2)c1. The molecule has 0 unspecified atom stereocenters. The normalized spacial score (nSPS) is 10.8. The largest absolute Gasteiger partial charge is 0.494 e. The van der Waals surface area contributed by atoms with E-state index in [4.69, 9.17) is 9.15 Å². The van der Waals surface area contributed by atoms with Gasteiger partial charge in [0.05, 0.1) is 6.61 Å². The van der Waals surface area contributed by atoms with Crippen LogP contribution in [0.3, 0.4) is 0 Å². The number of ether oxygens (including phenoxy) is 1. The summed E-state index contributed by atoms with van der Waals surface area (Å²) in [4.78, 5) is 21.5. The third-order valence-electron chi connectivity index (χ3n) is 4.36. The third-order valence-corrected chi connectivity index (χ3v) is 5.26. The molecule has 1 amide bonds. The average Bonchev–Trinajstić information content (AvgIpc) is 3.16. The number of fused-ring (bicyclic) bond motifs is 1. The van der Waals surface area contributed by atoms with E-state index in [9.17, 15) is 4.79 Å². The summed E-state index contributed by atoms with van der Waals surface area (Å²) in [6.45, 7) is 2.68. The lowest BCUT2D eigenvalue weighted by Gasteiger charge is -2.08. The number of rotatable bonds is 8. The van der Waals surface area contributed by atoms with Gasteiger partial charge in [-0.15, -0.1) is 0 Å². The maximum Gasteiger partial charge on any atom is 0.291 e. The second-order valence-electron chi connectivity index (χ2n) is 6.56. The average molecular weight is 420 g/mol. The summed E-state index contributed by atoms with van der Waals surface area (Å²) in [5.41, 5.74) is 2.14. The maximum absolute atomic E-state index is 13.1. The fraction of sp³-hybridized carbons (Fsp3) is 0.174. The van der Waals surface area contributed by atoms with Crippen LogP contribution in [0, 0.1) is 0 Å². The number of anilines is 1. The molecular weight excluding hydrogens is 398 g/mol. The van der Waals surface area contributed by atoms with Gasteiger partial charge in [0.1, 0.15) is 11.3 Å². The molecule has 2 aromatic carbocycles. The number of thioether (sulfide) groups is 1. The lowest BCUT2D eigenvalue weighted by Crippen LogP contribution is -2.13. The quantitative estimate of drug-likeness (QED) is 0.298. The van der Waals surface area contributed by atoms with E-state index in [1.165, 1.54) is 11.8 Å². The fourth-order valence-electron chi connectivity index (χ4n) is 2.99. The van der Waals surface area contributed by atoms with Crippen LogP contribution in [0.5, 0.6) is 5.75 Å². The van der Waals surface area contributed by atoms with Gasteiger partial charge in [0.2, 0.25) is 0 Å². The third kappa shape index (κ3) is 4.63. The summed E-state index contributed by atoms with van der Waals surface area (Å²) in [5, 5.41) is 4.48. The molecule has 0 radical (unpaired) electrons. The Labute approximate surface area is 178 Å². The molecule has 2 heterocycles. The van der Waals surface area contributed by atoms with Crippen molar-refractivity contribution in [3.63, 3.8) is 0 Å². The molecule has 0 aliphatic heterocycles. The molecule has 0 spiro atoms. The molecule has 1 N–H and O–H groups in total. The van der Waals surface area contributed by atoms with Crippen molar-refractivity contribution in [3.8, 4) is 5.75 Å². The molecule has 30 heavy (non-hydrogen) atoms. The zero-order valence-electron chi connectivity index (χ0n) is 16.5. The monoisotopic (exact) mass is 419 g/mol. The Kier molecular flexibility index (Phi) is 6.29. The second-order valence-corrected chi connectivity index (χ2v) is 7.50. The molecule has 6 nitrogen and oxygen atoms in total. The van der Waals surface area contributed by atoms with Crippen LogP contribution in [0.1, 0.15) is 29.5 Å². The van der Waals surface area contributed by atoms with Crippen LogP contribution in [0.15, 0.2) is 76.6 Å². The van der Waals surface area contributed by atoms with Gasteiger partial charge in [-0.25, -0.2) is 9.97 Å². The van der Waals surface area contributed by atoms with Gasteiger partial charge in [-0.2, -0.15) is 0 Å². The van der Waals surface area contributed by atoms with Gasteiger partial charge in [0.25, 0.3) is 5.91 Å². The summed E-state index contributed by atoms with van der Waals surface area (Å²) in [7, 11) is 0. The van der Waals surface area contributed by atoms with Gasteiger partial charge >= 0.3 is 0 Å². The Bertz CT molecular complexity index is 1140. The Balaban J connectivity index is 1.59. The van der Waals surface area contributed by atoms with E-state index in [1.807, 2.05) is 55.5 Å². The van der Waals surface area contributed by atoms with E-state index < -0.39 is 0 Å². The highest BCUT2D eigenvalue weighted by Gasteiger charge is 2.21. The minimum atomic E-state index is -0.302. The van der Waals surface area contributed by atoms with Crippen LogP contribution in [0.25, 0.3) is 11.0 Å². The number of benzene rings is 2. The molecule has 4 rings (SSSR count). The van der Waals surface area contributed by atoms with Crippen molar-refractivity contribution in [2.45, 2.75) is 24.3 Å². The van der Waals surface area contributed by atoms with Crippen LogP contribution < -0.4 is 10.1 Å². The standard InChI is InChI=1S/C23H21N3O3S/c1-2-13-28-17-8-5-7-16(14-17)26-22(27)21-19(15-30-23-24-11-6-12-25-23)18-9-3-4-10-20(18)29-21/h3-12,14H,2,13,15H2,1H3,(H,26,27). The van der Waals surface area contributed by atoms with Gasteiger partial charge in [0, 0.05) is 40.8 Å². The minimum Gasteiger partial charge on any atom is -0.494 e. The number of hydrogen-bond acceptors (Lipinski definition) is 6. The van der Waals surface area contributed by atoms with Crippen molar-refractivity contribution in [3.05, 3.63) is 78.3 Å². The van der Waals surface area contributed by atoms with Crippen LogP contribution >= 0.6 is 11.8 Å². The number of para-hydroxylation sites is 1. The molecule has 0 aliphatic carbocycles. The first-order chi connectivity index (χ1) is 14.7. The number of aromatic nitrogens is 2. The molecule has 4 aromatic rings. The highest BCUT2D eigenvalue weighted by atomic mass is 32.2. The van der Waals surface area contributed by atoms with Crippen LogP contribution in [-0.2, 0) is 5.75 Å². The van der Waals surface area contributed by atoms with Crippen molar-refractivity contribution in [2.75, 3.05) is 11.9 Å². The first-order valence-electron chi connectivity index (χ1n) is 9.69. The van der Waals surface area contributed by atoms with Gasteiger partial charge < -0.3 is 14.5 Å². The molecule has 0 saturated carbocycles. The van der Waals surface area contributed by atoms with Crippen molar-refractivity contribution in [1.29, 1.82) is 0 Å². The Morgan fingerprint density at radius 2 is 1.93 bits per heavy atom. The van der Waals surface area contributed by atoms with E-state index in [2.05, 4.69) is 15.3 Å². The summed E-state index contributed by atoms with van der Waals surface area (Å²) < 4.78 is 11.6. The van der Waals surface area contributed by atoms with Gasteiger partial charge in [-0.3, -0.25) is 4.79 Å². The smallest absolute Gasteiger partial charge is 0.291 e. The number of nitrogens with zero attached hydrogens (tertiary/aromatic N) is 2. The van der Waals surface area contributed by atoms with Crippen molar-refractivity contribution in [1.82, 2.24) is 9.97 Å². The van der Waals surface area contributed by atoms with E-state index in [-0.39, 0.29) is 5.91 Å². The summed E-state index contributed by atoms with van der Waals surface area (Å²) in [6.07, 6.45) is 4.32. The van der Waals surface area contributed by atoms with Gasteiger partial charge in [-0.1, -0.05) is 43.0 Å². The summed E-state index contributed by atoms with van der Waals surface area (Å²) in [6, 6.07) is 16.8. The topological polar surface area (TPSA) is 77.2 Å². The molecule has 0 bridgehead atoms. The number of carbonyl (C=O) groups excluding carboxylic acids is 1. The Hall–Kier alpha value is -3.32.